The Hall–Kier alpha value is -2.03. The maximum atomic E-state index is 11.9. The van der Waals surface area contributed by atoms with Gasteiger partial charge in [0.25, 0.3) is 0 Å². The molecule has 2 aromatic rings. The van der Waals surface area contributed by atoms with Gasteiger partial charge in [-0.25, -0.2) is 0 Å². The van der Waals surface area contributed by atoms with Crippen LogP contribution in [0.3, 0.4) is 0 Å². The minimum atomic E-state index is 0.0544. The summed E-state index contributed by atoms with van der Waals surface area (Å²) in [5.41, 5.74) is 8.37. The van der Waals surface area contributed by atoms with Crippen LogP contribution in [0.25, 0.3) is 0 Å². The van der Waals surface area contributed by atoms with Crippen molar-refractivity contribution in [2.75, 3.05) is 5.73 Å². The van der Waals surface area contributed by atoms with Crippen molar-refractivity contribution in [2.24, 2.45) is 0 Å². The third kappa shape index (κ3) is 2.31. The third-order valence-electron chi connectivity index (χ3n) is 2.44. The van der Waals surface area contributed by atoms with Crippen molar-refractivity contribution in [1.29, 1.82) is 0 Å². The standard InChI is InChI=1S/C13H14N2O/c1-10-5-6-15(9-10)13(16)8-11-3-2-4-12(14)7-11/h2-7,9H,8,14H2,1H3. The number of anilines is 1. The van der Waals surface area contributed by atoms with Crippen molar-refractivity contribution >= 4 is 11.6 Å². The zero-order valence-corrected chi connectivity index (χ0v) is 9.18. The molecule has 0 bridgehead atoms. The first-order valence-electron chi connectivity index (χ1n) is 5.17. The fourth-order valence-corrected chi connectivity index (χ4v) is 1.63. The first-order chi connectivity index (χ1) is 7.65. The number of nitrogen functional groups attached to an aromatic ring is 1. The minimum Gasteiger partial charge on any atom is -0.399 e. The van der Waals surface area contributed by atoms with E-state index in [0.717, 1.165) is 11.1 Å². The average Bonchev–Trinajstić information content (AvgIpc) is 2.65. The van der Waals surface area contributed by atoms with Crippen molar-refractivity contribution in [3.05, 3.63) is 53.9 Å². The molecule has 3 nitrogen and oxygen atoms in total. The molecule has 82 valence electrons. The Kier molecular flexibility index (Phi) is 2.77. The number of aromatic nitrogens is 1. The Labute approximate surface area is 94.5 Å². The largest absolute Gasteiger partial charge is 0.399 e. The molecule has 1 aromatic carbocycles. The SMILES string of the molecule is Cc1ccn(C(=O)Cc2cccc(N)c2)c1. The second kappa shape index (κ2) is 4.23. The molecule has 16 heavy (non-hydrogen) atoms. The number of benzene rings is 1. The molecule has 0 saturated heterocycles. The van der Waals surface area contributed by atoms with Crippen LogP contribution in [0.1, 0.15) is 15.9 Å². The summed E-state index contributed by atoms with van der Waals surface area (Å²) < 4.78 is 1.61. The zero-order valence-electron chi connectivity index (χ0n) is 9.18. The van der Waals surface area contributed by atoms with E-state index >= 15 is 0 Å². The van der Waals surface area contributed by atoms with Crippen LogP contribution in [-0.2, 0) is 6.42 Å². The highest BCUT2D eigenvalue weighted by Gasteiger charge is 2.05. The normalized spacial score (nSPS) is 10.3. The van der Waals surface area contributed by atoms with Crippen molar-refractivity contribution in [1.82, 2.24) is 4.57 Å². The Morgan fingerprint density at radius 2 is 2.19 bits per heavy atom. The van der Waals surface area contributed by atoms with Crippen LogP contribution < -0.4 is 5.73 Å². The van der Waals surface area contributed by atoms with E-state index in [2.05, 4.69) is 0 Å². The van der Waals surface area contributed by atoms with Gasteiger partial charge >= 0.3 is 0 Å². The molecule has 0 radical (unpaired) electrons. The fraction of sp³-hybridized carbons (Fsp3) is 0.154. The van der Waals surface area contributed by atoms with Gasteiger partial charge in [0.2, 0.25) is 5.91 Å². The summed E-state index contributed by atoms with van der Waals surface area (Å²) in [6, 6.07) is 9.32. The van der Waals surface area contributed by atoms with E-state index in [1.165, 1.54) is 0 Å². The summed E-state index contributed by atoms with van der Waals surface area (Å²) in [5.74, 6) is 0.0544. The molecule has 0 fully saturated rings. The van der Waals surface area contributed by atoms with E-state index in [4.69, 9.17) is 5.73 Å². The summed E-state index contributed by atoms with van der Waals surface area (Å²) in [5, 5.41) is 0. The maximum Gasteiger partial charge on any atom is 0.234 e. The lowest BCUT2D eigenvalue weighted by atomic mass is 10.1. The van der Waals surface area contributed by atoms with Crippen LogP contribution >= 0.6 is 0 Å². The molecule has 0 aliphatic rings. The lowest BCUT2D eigenvalue weighted by Crippen LogP contribution is -2.11. The predicted octanol–water partition coefficient (Wildman–Crippen LogP) is 2.26. The molecule has 1 aromatic heterocycles. The van der Waals surface area contributed by atoms with Crippen molar-refractivity contribution in [3.63, 3.8) is 0 Å². The van der Waals surface area contributed by atoms with Gasteiger partial charge in [-0.15, -0.1) is 0 Å². The fourth-order valence-electron chi connectivity index (χ4n) is 1.63. The first kappa shape index (κ1) is 10.5. The van der Waals surface area contributed by atoms with E-state index in [1.54, 1.807) is 10.8 Å². The summed E-state index contributed by atoms with van der Waals surface area (Å²) in [6.07, 6.45) is 3.98. The summed E-state index contributed by atoms with van der Waals surface area (Å²) in [7, 11) is 0. The topological polar surface area (TPSA) is 48.0 Å². The molecule has 0 aliphatic heterocycles. The Balaban J connectivity index is 2.13. The molecule has 0 unspecified atom stereocenters. The Bertz CT molecular complexity index is 514. The van der Waals surface area contributed by atoms with Crippen molar-refractivity contribution < 1.29 is 4.79 Å². The molecule has 0 saturated carbocycles. The van der Waals surface area contributed by atoms with E-state index < -0.39 is 0 Å². The molecule has 1 heterocycles. The highest BCUT2D eigenvalue weighted by Crippen LogP contribution is 2.09. The van der Waals surface area contributed by atoms with Crippen LogP contribution in [0.2, 0.25) is 0 Å². The van der Waals surface area contributed by atoms with Gasteiger partial charge in [-0.2, -0.15) is 0 Å². The number of carbonyl (C=O) groups excluding carboxylic acids is 1. The lowest BCUT2D eigenvalue weighted by molar-refractivity contribution is 0.0914. The number of nitrogens with zero attached hydrogens (tertiary/aromatic N) is 1. The van der Waals surface area contributed by atoms with Gasteiger partial charge in [-0.1, -0.05) is 12.1 Å². The molecule has 0 amide bonds. The molecular formula is C13H14N2O. The lowest BCUT2D eigenvalue weighted by Gasteiger charge is -2.03. The number of aryl methyl sites for hydroxylation is 1. The molecule has 0 aliphatic carbocycles. The highest BCUT2D eigenvalue weighted by molar-refractivity contribution is 5.81. The summed E-state index contributed by atoms with van der Waals surface area (Å²) in [6.45, 7) is 1.96. The molecule has 2 rings (SSSR count). The van der Waals surface area contributed by atoms with E-state index in [-0.39, 0.29) is 5.91 Å². The van der Waals surface area contributed by atoms with Crippen LogP contribution in [0, 0.1) is 6.92 Å². The Morgan fingerprint density at radius 1 is 1.38 bits per heavy atom. The average molecular weight is 214 g/mol. The van der Waals surface area contributed by atoms with E-state index in [1.807, 2.05) is 43.5 Å². The highest BCUT2D eigenvalue weighted by atomic mass is 16.1. The number of hydrogen-bond donors (Lipinski definition) is 1. The molecule has 2 N–H and O–H groups in total. The summed E-state index contributed by atoms with van der Waals surface area (Å²) >= 11 is 0. The smallest absolute Gasteiger partial charge is 0.234 e. The van der Waals surface area contributed by atoms with Crippen LogP contribution in [0.15, 0.2) is 42.7 Å². The van der Waals surface area contributed by atoms with Crippen LogP contribution in [-0.4, -0.2) is 10.5 Å². The maximum absolute atomic E-state index is 11.9. The Morgan fingerprint density at radius 3 is 2.81 bits per heavy atom. The molecule has 0 spiro atoms. The second-order valence-electron chi connectivity index (χ2n) is 3.91. The van der Waals surface area contributed by atoms with Crippen molar-refractivity contribution in [2.45, 2.75) is 13.3 Å². The monoisotopic (exact) mass is 214 g/mol. The third-order valence-corrected chi connectivity index (χ3v) is 2.44. The number of nitrogens with two attached hydrogens (primary N) is 1. The van der Waals surface area contributed by atoms with Crippen LogP contribution in [0.4, 0.5) is 5.69 Å². The van der Waals surface area contributed by atoms with Gasteiger partial charge in [0.1, 0.15) is 0 Å². The van der Waals surface area contributed by atoms with Gasteiger partial charge in [-0.3, -0.25) is 9.36 Å². The van der Waals surface area contributed by atoms with E-state index in [9.17, 15) is 4.79 Å². The molecule has 3 heteroatoms. The predicted molar refractivity (Wildman–Crippen MR) is 64.4 cm³/mol. The number of rotatable bonds is 2. The van der Waals surface area contributed by atoms with Crippen molar-refractivity contribution in [3.8, 4) is 0 Å². The van der Waals surface area contributed by atoms with Gasteiger partial charge in [0, 0.05) is 18.1 Å². The van der Waals surface area contributed by atoms with E-state index in [0.29, 0.717) is 12.1 Å². The quantitative estimate of drug-likeness (QED) is 0.779. The molecule has 0 atom stereocenters. The number of hydrogen-bond acceptors (Lipinski definition) is 2. The number of carbonyl (C=O) groups is 1. The summed E-state index contributed by atoms with van der Waals surface area (Å²) in [4.78, 5) is 11.9. The second-order valence-corrected chi connectivity index (χ2v) is 3.91. The van der Waals surface area contributed by atoms with Gasteiger partial charge in [0.05, 0.1) is 6.42 Å². The van der Waals surface area contributed by atoms with Gasteiger partial charge in [-0.05, 0) is 36.2 Å². The minimum absolute atomic E-state index is 0.0544. The zero-order chi connectivity index (χ0) is 11.5. The molecular weight excluding hydrogens is 200 g/mol. The van der Waals surface area contributed by atoms with Gasteiger partial charge < -0.3 is 5.73 Å². The van der Waals surface area contributed by atoms with Crippen LogP contribution in [0.5, 0.6) is 0 Å². The first-order valence-corrected chi connectivity index (χ1v) is 5.17. The van der Waals surface area contributed by atoms with Gasteiger partial charge in [0.15, 0.2) is 0 Å².